The molecule has 1 aromatic heterocycles. The molecular weight excluding hydrogens is 236 g/mol. The van der Waals surface area contributed by atoms with Gasteiger partial charge in [0.1, 0.15) is 6.04 Å². The van der Waals surface area contributed by atoms with Crippen LogP contribution in [-0.4, -0.2) is 35.6 Å². The monoisotopic (exact) mass is 254 g/mol. The fourth-order valence-electron chi connectivity index (χ4n) is 1.30. The largest absolute Gasteiger partial charge is 0.468 e. The van der Waals surface area contributed by atoms with Crippen LogP contribution < -0.4 is 5.73 Å². The van der Waals surface area contributed by atoms with Crippen molar-refractivity contribution in [1.82, 2.24) is 4.98 Å². The van der Waals surface area contributed by atoms with Crippen LogP contribution in [0.1, 0.15) is 12.1 Å². The fourth-order valence-corrected chi connectivity index (χ4v) is 2.28. The van der Waals surface area contributed by atoms with E-state index < -0.39 is 6.04 Å². The van der Waals surface area contributed by atoms with Crippen molar-refractivity contribution >= 4 is 17.7 Å². The number of ether oxygens (including phenoxy) is 1. The number of nitrogens with zero attached hydrogens (tertiary/aromatic N) is 1. The van der Waals surface area contributed by atoms with E-state index in [1.165, 1.54) is 7.11 Å². The Kier molecular flexibility index (Phi) is 6.65. The first-order valence-corrected chi connectivity index (χ1v) is 6.70. The van der Waals surface area contributed by atoms with Crippen molar-refractivity contribution in [3.63, 3.8) is 0 Å². The van der Waals surface area contributed by atoms with Crippen molar-refractivity contribution in [3.8, 4) is 0 Å². The number of esters is 1. The third kappa shape index (κ3) is 5.70. The van der Waals surface area contributed by atoms with Gasteiger partial charge in [-0.2, -0.15) is 11.8 Å². The fraction of sp³-hybridized carbons (Fsp3) is 0.500. The number of thioether (sulfide) groups is 1. The number of nitrogens with two attached hydrogens (primary N) is 1. The number of carbonyl (C=O) groups is 1. The van der Waals surface area contributed by atoms with Gasteiger partial charge in [0, 0.05) is 11.9 Å². The number of rotatable bonds is 7. The molecule has 1 heterocycles. The highest BCUT2D eigenvalue weighted by atomic mass is 32.2. The zero-order chi connectivity index (χ0) is 12.5. The SMILES string of the molecule is COC(=O)C(N)CCSCCc1ccccn1. The van der Waals surface area contributed by atoms with Crippen molar-refractivity contribution < 1.29 is 9.53 Å². The summed E-state index contributed by atoms with van der Waals surface area (Å²) in [4.78, 5) is 15.3. The highest BCUT2D eigenvalue weighted by molar-refractivity contribution is 7.99. The third-order valence-corrected chi connectivity index (χ3v) is 3.32. The molecule has 5 heteroatoms. The number of aromatic nitrogens is 1. The molecule has 0 amide bonds. The molecule has 0 radical (unpaired) electrons. The maximum absolute atomic E-state index is 11.0. The zero-order valence-corrected chi connectivity index (χ0v) is 10.8. The first-order valence-electron chi connectivity index (χ1n) is 5.55. The Bertz CT molecular complexity index is 333. The summed E-state index contributed by atoms with van der Waals surface area (Å²) < 4.78 is 4.56. The number of methoxy groups -OCH3 is 1. The molecule has 0 fully saturated rings. The molecule has 0 aromatic carbocycles. The van der Waals surface area contributed by atoms with Crippen LogP contribution in [-0.2, 0) is 16.0 Å². The van der Waals surface area contributed by atoms with Crippen LogP contribution in [0, 0.1) is 0 Å². The smallest absolute Gasteiger partial charge is 0.322 e. The summed E-state index contributed by atoms with van der Waals surface area (Å²) in [7, 11) is 1.36. The summed E-state index contributed by atoms with van der Waals surface area (Å²) in [6.45, 7) is 0. The van der Waals surface area contributed by atoms with Gasteiger partial charge in [0.15, 0.2) is 0 Å². The van der Waals surface area contributed by atoms with Crippen LogP contribution in [0.5, 0.6) is 0 Å². The van der Waals surface area contributed by atoms with Crippen molar-refractivity contribution in [2.75, 3.05) is 18.6 Å². The van der Waals surface area contributed by atoms with Gasteiger partial charge in [0.05, 0.1) is 7.11 Å². The molecule has 1 rings (SSSR count). The van der Waals surface area contributed by atoms with Gasteiger partial charge in [-0.05, 0) is 36.5 Å². The second-order valence-electron chi connectivity index (χ2n) is 3.60. The number of hydrogen-bond donors (Lipinski definition) is 1. The number of carbonyl (C=O) groups excluding carboxylic acids is 1. The van der Waals surface area contributed by atoms with Gasteiger partial charge in [-0.25, -0.2) is 0 Å². The van der Waals surface area contributed by atoms with Crippen molar-refractivity contribution in [2.45, 2.75) is 18.9 Å². The molecule has 17 heavy (non-hydrogen) atoms. The molecule has 0 saturated carbocycles. The lowest BCUT2D eigenvalue weighted by Crippen LogP contribution is -2.32. The van der Waals surface area contributed by atoms with E-state index in [1.807, 2.05) is 18.2 Å². The molecule has 4 nitrogen and oxygen atoms in total. The number of hydrogen-bond acceptors (Lipinski definition) is 5. The summed E-state index contributed by atoms with van der Waals surface area (Å²) in [5.74, 6) is 1.52. The van der Waals surface area contributed by atoms with Gasteiger partial charge in [0.25, 0.3) is 0 Å². The normalized spacial score (nSPS) is 12.1. The van der Waals surface area contributed by atoms with E-state index in [-0.39, 0.29) is 5.97 Å². The Labute approximate surface area is 106 Å². The van der Waals surface area contributed by atoms with Crippen molar-refractivity contribution in [1.29, 1.82) is 0 Å². The van der Waals surface area contributed by atoms with Gasteiger partial charge in [-0.3, -0.25) is 9.78 Å². The van der Waals surface area contributed by atoms with Crippen LogP contribution >= 0.6 is 11.8 Å². The molecule has 0 bridgehead atoms. The number of aryl methyl sites for hydroxylation is 1. The number of pyridine rings is 1. The van der Waals surface area contributed by atoms with E-state index in [1.54, 1.807) is 18.0 Å². The maximum Gasteiger partial charge on any atom is 0.322 e. The molecule has 0 aliphatic rings. The van der Waals surface area contributed by atoms with Crippen LogP contribution in [0.15, 0.2) is 24.4 Å². The van der Waals surface area contributed by atoms with Gasteiger partial charge in [0.2, 0.25) is 0 Å². The summed E-state index contributed by atoms with van der Waals surface area (Å²) >= 11 is 1.78. The minimum absolute atomic E-state index is 0.338. The van der Waals surface area contributed by atoms with E-state index in [9.17, 15) is 4.79 Å². The maximum atomic E-state index is 11.0. The molecule has 0 aliphatic carbocycles. The van der Waals surface area contributed by atoms with E-state index in [0.29, 0.717) is 6.42 Å². The summed E-state index contributed by atoms with van der Waals surface area (Å²) in [5, 5.41) is 0. The average molecular weight is 254 g/mol. The van der Waals surface area contributed by atoms with E-state index in [4.69, 9.17) is 5.73 Å². The van der Waals surface area contributed by atoms with Gasteiger partial charge in [-0.15, -0.1) is 0 Å². The van der Waals surface area contributed by atoms with Crippen LogP contribution in [0.2, 0.25) is 0 Å². The Hall–Kier alpha value is -1.07. The molecule has 0 saturated heterocycles. The van der Waals surface area contributed by atoms with Crippen molar-refractivity contribution in [3.05, 3.63) is 30.1 Å². The van der Waals surface area contributed by atoms with Gasteiger partial charge in [-0.1, -0.05) is 6.07 Å². The molecule has 0 aliphatic heterocycles. The Morgan fingerprint density at radius 1 is 1.53 bits per heavy atom. The standard InChI is InChI=1S/C12H18N2O2S/c1-16-12(15)11(13)6-9-17-8-5-10-4-2-3-7-14-10/h2-4,7,11H,5-6,8-9,13H2,1H3. The molecule has 94 valence electrons. The second-order valence-corrected chi connectivity index (χ2v) is 4.83. The minimum atomic E-state index is -0.498. The molecule has 0 spiro atoms. The zero-order valence-electron chi connectivity index (χ0n) is 9.96. The second kappa shape index (κ2) is 8.08. The predicted molar refractivity (Wildman–Crippen MR) is 69.9 cm³/mol. The third-order valence-electron chi connectivity index (χ3n) is 2.31. The predicted octanol–water partition coefficient (Wildman–Crippen LogP) is 1.25. The summed E-state index contributed by atoms with van der Waals surface area (Å²) in [6.07, 6.45) is 3.39. The van der Waals surface area contributed by atoms with Crippen LogP contribution in [0.3, 0.4) is 0 Å². The highest BCUT2D eigenvalue weighted by Gasteiger charge is 2.12. The van der Waals surface area contributed by atoms with Crippen LogP contribution in [0.25, 0.3) is 0 Å². The lowest BCUT2D eigenvalue weighted by atomic mass is 10.2. The Balaban J connectivity index is 2.07. The molecular formula is C12H18N2O2S. The van der Waals surface area contributed by atoms with E-state index in [0.717, 1.165) is 23.6 Å². The quantitative estimate of drug-likeness (QED) is 0.586. The Morgan fingerprint density at radius 2 is 2.35 bits per heavy atom. The topological polar surface area (TPSA) is 65.2 Å². The first kappa shape index (κ1) is 14.0. The molecule has 1 aromatic rings. The summed E-state index contributed by atoms with van der Waals surface area (Å²) in [5.41, 5.74) is 6.72. The molecule has 2 N–H and O–H groups in total. The van der Waals surface area contributed by atoms with E-state index >= 15 is 0 Å². The highest BCUT2D eigenvalue weighted by Crippen LogP contribution is 2.07. The van der Waals surface area contributed by atoms with Crippen LogP contribution in [0.4, 0.5) is 0 Å². The first-order chi connectivity index (χ1) is 8.24. The lowest BCUT2D eigenvalue weighted by molar-refractivity contribution is -0.142. The molecule has 1 atom stereocenters. The average Bonchev–Trinajstić information content (AvgIpc) is 2.38. The summed E-state index contributed by atoms with van der Waals surface area (Å²) in [6, 6.07) is 5.41. The van der Waals surface area contributed by atoms with Gasteiger partial charge >= 0.3 is 5.97 Å². The lowest BCUT2D eigenvalue weighted by Gasteiger charge is -2.08. The van der Waals surface area contributed by atoms with Crippen molar-refractivity contribution in [2.24, 2.45) is 5.73 Å². The Morgan fingerprint density at radius 3 is 3.00 bits per heavy atom. The van der Waals surface area contributed by atoms with Gasteiger partial charge < -0.3 is 10.5 Å². The molecule has 1 unspecified atom stereocenters. The van der Waals surface area contributed by atoms with E-state index in [2.05, 4.69) is 9.72 Å². The minimum Gasteiger partial charge on any atom is -0.468 e.